The van der Waals surface area contributed by atoms with Gasteiger partial charge in [-0.2, -0.15) is 8.42 Å². The summed E-state index contributed by atoms with van der Waals surface area (Å²) < 4.78 is 44.2. The Kier molecular flexibility index (Phi) is 6.00. The Balaban J connectivity index is 2.26. The lowest BCUT2D eigenvalue weighted by atomic mass is 10.2. The first-order valence-corrected chi connectivity index (χ1v) is 8.87. The van der Waals surface area contributed by atoms with Crippen molar-refractivity contribution < 1.29 is 22.4 Å². The van der Waals surface area contributed by atoms with E-state index in [4.69, 9.17) is 9.47 Å². The summed E-state index contributed by atoms with van der Waals surface area (Å²) in [5.41, 5.74) is 0.482. The number of hydrogen-bond acceptors (Lipinski definition) is 4. The zero-order valence-electron chi connectivity index (χ0n) is 13.5. The molecular weight excluding hydrogens is 328 g/mol. The van der Waals surface area contributed by atoms with Gasteiger partial charge in [-0.25, -0.2) is 0 Å². The van der Waals surface area contributed by atoms with Gasteiger partial charge in [-0.15, -0.1) is 0 Å². The molecule has 2 aromatic carbocycles. The number of benzene rings is 2. The van der Waals surface area contributed by atoms with Crippen molar-refractivity contribution in [2.75, 3.05) is 0 Å². The zero-order valence-corrected chi connectivity index (χ0v) is 14.4. The van der Waals surface area contributed by atoms with Crippen LogP contribution in [0.5, 0.6) is 11.5 Å². The first-order chi connectivity index (χ1) is 11.4. The van der Waals surface area contributed by atoms with Crippen LogP contribution in [0.15, 0.2) is 71.1 Å². The van der Waals surface area contributed by atoms with Crippen molar-refractivity contribution in [1.29, 1.82) is 0 Å². The van der Waals surface area contributed by atoms with E-state index in [1.165, 1.54) is 0 Å². The molecule has 0 spiro atoms. The third-order valence-electron chi connectivity index (χ3n) is 3.24. The van der Waals surface area contributed by atoms with E-state index in [0.717, 1.165) is 0 Å². The van der Waals surface area contributed by atoms with Crippen molar-refractivity contribution in [1.82, 2.24) is 0 Å². The Morgan fingerprint density at radius 1 is 0.917 bits per heavy atom. The normalized spacial score (nSPS) is 11.2. The van der Waals surface area contributed by atoms with Gasteiger partial charge in [0.2, 0.25) is 6.29 Å². The minimum Gasteiger partial charge on any atom is -0.455 e. The van der Waals surface area contributed by atoms with Gasteiger partial charge in [0, 0.05) is 0 Å². The Labute approximate surface area is 142 Å². The molecule has 5 nitrogen and oxygen atoms in total. The second-order valence-electron chi connectivity index (χ2n) is 5.39. The minimum absolute atomic E-state index is 0.106. The van der Waals surface area contributed by atoms with Crippen molar-refractivity contribution >= 4 is 10.1 Å². The maximum absolute atomic E-state index is 11.6. The molecule has 0 saturated heterocycles. The van der Waals surface area contributed by atoms with Crippen molar-refractivity contribution in [3.63, 3.8) is 0 Å². The van der Waals surface area contributed by atoms with Crippen LogP contribution in [0.3, 0.4) is 0 Å². The van der Waals surface area contributed by atoms with E-state index in [9.17, 15) is 13.0 Å². The number of ether oxygens (including phenoxy) is 2. The Morgan fingerprint density at radius 3 is 1.67 bits per heavy atom. The molecule has 0 unspecified atom stereocenters. The second-order valence-corrected chi connectivity index (χ2v) is 6.84. The molecule has 0 aliphatic carbocycles. The van der Waals surface area contributed by atoms with Crippen molar-refractivity contribution in [2.24, 2.45) is 0 Å². The second kappa shape index (κ2) is 7.99. The van der Waals surface area contributed by atoms with Crippen LogP contribution in [0, 0.1) is 0 Å². The molecule has 0 aromatic heterocycles. The highest BCUT2D eigenvalue weighted by Crippen LogP contribution is 2.23. The summed E-state index contributed by atoms with van der Waals surface area (Å²) in [5, 5.41) is 0. The van der Waals surface area contributed by atoms with E-state index in [0.29, 0.717) is 17.1 Å². The van der Waals surface area contributed by atoms with E-state index in [1.54, 1.807) is 62.4 Å². The van der Waals surface area contributed by atoms with E-state index < -0.39 is 16.4 Å². The van der Waals surface area contributed by atoms with E-state index in [-0.39, 0.29) is 11.3 Å². The Hall–Kier alpha value is -2.31. The quantitative estimate of drug-likeness (QED) is 0.604. The lowest BCUT2D eigenvalue weighted by molar-refractivity contribution is 0.00758. The molecule has 0 aliphatic heterocycles. The third kappa shape index (κ3) is 5.40. The molecule has 0 heterocycles. The average molecular weight is 348 g/mol. The van der Waals surface area contributed by atoms with Crippen molar-refractivity contribution in [2.45, 2.75) is 26.6 Å². The maximum atomic E-state index is 11.6. The van der Waals surface area contributed by atoms with E-state index in [1.807, 2.05) is 12.1 Å². The molecule has 1 N–H and O–H groups in total. The average Bonchev–Trinajstić information content (AvgIpc) is 2.53. The van der Waals surface area contributed by atoms with Gasteiger partial charge in [0.15, 0.2) is 0 Å². The molecule has 24 heavy (non-hydrogen) atoms. The molecule has 0 atom stereocenters. The highest BCUT2D eigenvalue weighted by atomic mass is 32.2. The van der Waals surface area contributed by atoms with Gasteiger partial charge in [-0.1, -0.05) is 42.0 Å². The minimum atomic E-state index is -4.32. The van der Waals surface area contributed by atoms with E-state index >= 15 is 0 Å². The van der Waals surface area contributed by atoms with Gasteiger partial charge >= 0.3 is 0 Å². The fraction of sp³-hybridized carbons (Fsp3) is 0.222. The monoisotopic (exact) mass is 348 g/mol. The lowest BCUT2D eigenvalue weighted by Crippen LogP contribution is -2.26. The summed E-state index contributed by atoms with van der Waals surface area (Å²) in [4.78, 5) is -0.112. The summed E-state index contributed by atoms with van der Waals surface area (Å²) in [6.45, 7) is 3.23. The van der Waals surface area contributed by atoms with Crippen LogP contribution in [0.4, 0.5) is 0 Å². The SMILES string of the molecule is CC(C)=C(CC(Oc1ccccc1)Oc1ccccc1)S(=O)(=O)O. The number of rotatable bonds is 7. The van der Waals surface area contributed by atoms with Gasteiger partial charge in [0.25, 0.3) is 10.1 Å². The van der Waals surface area contributed by atoms with Crippen LogP contribution in [-0.4, -0.2) is 19.3 Å². The molecule has 6 heteroatoms. The molecule has 0 amide bonds. The topological polar surface area (TPSA) is 72.8 Å². The molecule has 128 valence electrons. The van der Waals surface area contributed by atoms with Crippen LogP contribution in [0.25, 0.3) is 0 Å². The third-order valence-corrected chi connectivity index (χ3v) is 4.44. The van der Waals surface area contributed by atoms with Gasteiger partial charge in [0.05, 0.1) is 11.3 Å². The van der Waals surface area contributed by atoms with Crippen LogP contribution in [-0.2, 0) is 10.1 Å². The number of para-hydroxylation sites is 2. The summed E-state index contributed by atoms with van der Waals surface area (Å²) >= 11 is 0. The van der Waals surface area contributed by atoms with Crippen molar-refractivity contribution in [3.05, 3.63) is 71.1 Å². The fourth-order valence-corrected chi connectivity index (χ4v) is 2.99. The molecular formula is C18H20O5S. The summed E-state index contributed by atoms with van der Waals surface area (Å²) in [6, 6.07) is 17.9. The molecule has 2 rings (SSSR count). The highest BCUT2D eigenvalue weighted by Gasteiger charge is 2.23. The van der Waals surface area contributed by atoms with Crippen molar-refractivity contribution in [3.8, 4) is 11.5 Å². The summed E-state index contributed by atoms with van der Waals surface area (Å²) in [5.74, 6) is 1.09. The summed E-state index contributed by atoms with van der Waals surface area (Å²) in [6.07, 6.45) is -1.01. The number of hydrogen-bond donors (Lipinski definition) is 1. The van der Waals surface area contributed by atoms with Gasteiger partial charge in [0.1, 0.15) is 11.5 Å². The first kappa shape index (κ1) is 18.0. The fourth-order valence-electron chi connectivity index (χ4n) is 2.13. The predicted octanol–water partition coefficient (Wildman–Crippen LogP) is 4.04. The Morgan fingerprint density at radius 2 is 1.33 bits per heavy atom. The van der Waals surface area contributed by atoms with E-state index in [2.05, 4.69) is 0 Å². The van der Waals surface area contributed by atoms with Gasteiger partial charge in [-0.3, -0.25) is 4.55 Å². The Bertz CT molecular complexity index is 737. The highest BCUT2D eigenvalue weighted by molar-refractivity contribution is 7.89. The maximum Gasteiger partial charge on any atom is 0.290 e. The van der Waals surface area contributed by atoms with Gasteiger partial charge in [-0.05, 0) is 38.1 Å². The van der Waals surface area contributed by atoms with Crippen LogP contribution >= 0.6 is 0 Å². The first-order valence-electron chi connectivity index (χ1n) is 7.43. The molecule has 0 radical (unpaired) electrons. The zero-order chi connectivity index (χ0) is 17.6. The van der Waals surface area contributed by atoms with Crippen LogP contribution in [0.1, 0.15) is 20.3 Å². The number of allylic oxidation sites excluding steroid dienone is 1. The van der Waals surface area contributed by atoms with Crippen LogP contribution < -0.4 is 9.47 Å². The van der Waals surface area contributed by atoms with Crippen LogP contribution in [0.2, 0.25) is 0 Å². The molecule has 0 aliphatic rings. The largest absolute Gasteiger partial charge is 0.455 e. The molecule has 0 bridgehead atoms. The molecule has 0 saturated carbocycles. The molecule has 2 aromatic rings. The van der Waals surface area contributed by atoms with Gasteiger partial charge < -0.3 is 9.47 Å². The smallest absolute Gasteiger partial charge is 0.290 e. The molecule has 0 fully saturated rings. The summed E-state index contributed by atoms with van der Waals surface area (Å²) in [7, 11) is -4.32. The lowest BCUT2D eigenvalue weighted by Gasteiger charge is -2.21. The predicted molar refractivity (Wildman–Crippen MR) is 92.5 cm³/mol. The standard InChI is InChI=1S/C18H20O5S/c1-14(2)17(24(19,20)21)13-18(22-15-9-5-3-6-10-15)23-16-11-7-4-8-12-16/h3-12,18H,13H2,1-2H3,(H,19,20,21).